The molecule has 210 valence electrons. The average Bonchev–Trinajstić information content (AvgIpc) is 2.92. The van der Waals surface area contributed by atoms with Crippen molar-refractivity contribution in [3.63, 3.8) is 0 Å². The Morgan fingerprint density at radius 1 is 1.05 bits per heavy atom. The van der Waals surface area contributed by atoms with E-state index < -0.39 is 33.6 Å². The lowest BCUT2D eigenvalue weighted by molar-refractivity contribution is -0.119. The highest BCUT2D eigenvalue weighted by molar-refractivity contribution is 7.89. The van der Waals surface area contributed by atoms with Gasteiger partial charge in [0.2, 0.25) is 15.9 Å². The first kappa shape index (κ1) is 30.7. The van der Waals surface area contributed by atoms with E-state index >= 15 is 0 Å². The molecule has 3 N–H and O–H groups in total. The summed E-state index contributed by atoms with van der Waals surface area (Å²) in [5, 5.41) is 2.81. The van der Waals surface area contributed by atoms with E-state index in [0.717, 1.165) is 0 Å². The highest BCUT2D eigenvalue weighted by atomic mass is 35.5. The molecular formula is C29H34ClF2N3O3S. The number of hydrogen-bond donors (Lipinski definition) is 2. The van der Waals surface area contributed by atoms with Crippen molar-refractivity contribution in [2.24, 2.45) is 11.7 Å². The number of halogens is 3. The maximum Gasteiger partial charge on any atom is 0.243 e. The zero-order valence-electron chi connectivity index (χ0n) is 22.0. The van der Waals surface area contributed by atoms with Gasteiger partial charge in [0.1, 0.15) is 11.6 Å². The van der Waals surface area contributed by atoms with Gasteiger partial charge in [0.15, 0.2) is 0 Å². The fourth-order valence-corrected chi connectivity index (χ4v) is 6.40. The number of anilines is 1. The Morgan fingerprint density at radius 2 is 1.77 bits per heavy atom. The number of nitrogens with two attached hydrogens (primary N) is 1. The van der Waals surface area contributed by atoms with E-state index in [1.165, 1.54) is 40.7 Å². The molecule has 10 heteroatoms. The molecule has 0 saturated carbocycles. The fourth-order valence-electron chi connectivity index (χ4n) is 4.52. The van der Waals surface area contributed by atoms with Crippen molar-refractivity contribution in [3.05, 3.63) is 94.5 Å². The Kier molecular flexibility index (Phi) is 11.0. The quantitative estimate of drug-likeness (QED) is 0.269. The monoisotopic (exact) mass is 577 g/mol. The molecule has 0 unspecified atom stereocenters. The lowest BCUT2D eigenvalue weighted by atomic mass is 9.98. The van der Waals surface area contributed by atoms with Crippen molar-refractivity contribution in [1.29, 1.82) is 0 Å². The number of benzene rings is 3. The van der Waals surface area contributed by atoms with Gasteiger partial charge in [-0.05, 0) is 67.6 Å². The molecule has 0 aromatic heterocycles. The Hall–Kier alpha value is -2.85. The van der Waals surface area contributed by atoms with Gasteiger partial charge in [-0.2, -0.15) is 4.31 Å². The van der Waals surface area contributed by atoms with Crippen LogP contribution in [0.5, 0.6) is 0 Å². The summed E-state index contributed by atoms with van der Waals surface area (Å²) < 4.78 is 56.9. The highest BCUT2D eigenvalue weighted by Gasteiger charge is 2.30. The topological polar surface area (TPSA) is 92.5 Å². The Bertz CT molecular complexity index is 1370. The number of nitrogens with one attached hydrogen (secondary N) is 1. The van der Waals surface area contributed by atoms with Crippen LogP contribution in [0.4, 0.5) is 14.5 Å². The maximum absolute atomic E-state index is 15.0. The summed E-state index contributed by atoms with van der Waals surface area (Å²) in [5.74, 6) is -1.93. The predicted molar refractivity (Wildman–Crippen MR) is 151 cm³/mol. The van der Waals surface area contributed by atoms with Crippen LogP contribution in [0, 0.1) is 17.6 Å². The molecule has 6 nitrogen and oxygen atoms in total. The predicted octanol–water partition coefficient (Wildman–Crippen LogP) is 5.80. The third-order valence-corrected chi connectivity index (χ3v) is 8.93. The van der Waals surface area contributed by atoms with Gasteiger partial charge in [0.25, 0.3) is 0 Å². The zero-order valence-corrected chi connectivity index (χ0v) is 23.6. The Balaban J connectivity index is 1.76. The molecule has 0 heterocycles. The second-order valence-electron chi connectivity index (χ2n) is 9.43. The second-order valence-corrected chi connectivity index (χ2v) is 11.7. The minimum absolute atomic E-state index is 0.00670. The van der Waals surface area contributed by atoms with Crippen molar-refractivity contribution in [2.75, 3.05) is 18.4 Å². The summed E-state index contributed by atoms with van der Waals surface area (Å²) in [6.07, 6.45) is 1.29. The van der Waals surface area contributed by atoms with Gasteiger partial charge in [-0.15, -0.1) is 0 Å². The molecular weight excluding hydrogens is 544 g/mol. The van der Waals surface area contributed by atoms with Crippen molar-refractivity contribution in [1.82, 2.24) is 4.31 Å². The van der Waals surface area contributed by atoms with E-state index in [1.54, 1.807) is 37.3 Å². The van der Waals surface area contributed by atoms with Crippen LogP contribution >= 0.6 is 11.6 Å². The normalized spacial score (nSPS) is 13.3. The molecule has 1 amide bonds. The van der Waals surface area contributed by atoms with Crippen molar-refractivity contribution < 1.29 is 22.0 Å². The summed E-state index contributed by atoms with van der Waals surface area (Å²) in [4.78, 5) is 13.1. The van der Waals surface area contributed by atoms with E-state index in [-0.39, 0.29) is 41.8 Å². The molecule has 0 fully saturated rings. The average molecular weight is 578 g/mol. The molecule has 0 saturated heterocycles. The molecule has 3 rings (SSSR count). The lowest BCUT2D eigenvalue weighted by Gasteiger charge is -2.30. The van der Waals surface area contributed by atoms with Gasteiger partial charge in [-0.3, -0.25) is 4.79 Å². The SMILES string of the molecule is CC[C@H](CCc1c(F)cccc1NC(=O)[C@@H](C)Cc1ccc(Cl)c(F)c1)N(CCN)S(=O)(=O)c1ccccc1. The fraction of sp³-hybridized carbons (Fsp3) is 0.345. The van der Waals surface area contributed by atoms with Crippen molar-refractivity contribution in [3.8, 4) is 0 Å². The van der Waals surface area contributed by atoms with Crippen molar-refractivity contribution >= 4 is 33.2 Å². The molecule has 2 atom stereocenters. The Morgan fingerprint density at radius 3 is 2.41 bits per heavy atom. The number of carbonyl (C=O) groups excluding carboxylic acids is 1. The summed E-state index contributed by atoms with van der Waals surface area (Å²) in [6, 6.07) is 16.5. The summed E-state index contributed by atoms with van der Waals surface area (Å²) in [6.45, 7) is 3.84. The summed E-state index contributed by atoms with van der Waals surface area (Å²) in [7, 11) is -3.81. The third kappa shape index (κ3) is 7.85. The van der Waals surface area contributed by atoms with Gasteiger partial charge in [-0.25, -0.2) is 17.2 Å². The van der Waals surface area contributed by atoms with Crippen LogP contribution in [-0.2, 0) is 27.7 Å². The first-order chi connectivity index (χ1) is 18.6. The number of carbonyl (C=O) groups is 1. The van der Waals surface area contributed by atoms with Crippen LogP contribution in [0.2, 0.25) is 5.02 Å². The molecule has 0 bridgehead atoms. The first-order valence-corrected chi connectivity index (χ1v) is 14.7. The number of nitrogens with zero attached hydrogens (tertiary/aromatic N) is 1. The third-order valence-electron chi connectivity index (χ3n) is 6.66. The molecule has 0 radical (unpaired) electrons. The van der Waals surface area contributed by atoms with Gasteiger partial charge < -0.3 is 11.1 Å². The van der Waals surface area contributed by atoms with E-state index in [4.69, 9.17) is 17.3 Å². The largest absolute Gasteiger partial charge is 0.329 e. The van der Waals surface area contributed by atoms with E-state index in [1.807, 2.05) is 6.92 Å². The standard InChI is InChI=1S/C29H34ClF2N3O3S/c1-3-22(35(17-16-33)39(37,38)23-8-5-4-6-9-23)13-14-24-26(31)10-7-11-28(24)34-29(36)20(2)18-21-12-15-25(30)27(32)19-21/h4-12,15,19-20,22H,3,13-14,16-18,33H2,1-2H3,(H,34,36)/t20-,22+/m0/s1. The zero-order chi connectivity index (χ0) is 28.6. The number of amides is 1. The maximum atomic E-state index is 15.0. The van der Waals surface area contributed by atoms with Gasteiger partial charge >= 0.3 is 0 Å². The molecule has 39 heavy (non-hydrogen) atoms. The minimum atomic E-state index is -3.81. The summed E-state index contributed by atoms with van der Waals surface area (Å²) in [5.41, 5.74) is 6.99. The van der Waals surface area contributed by atoms with Crippen LogP contribution in [-0.4, -0.2) is 37.8 Å². The van der Waals surface area contributed by atoms with Gasteiger partial charge in [0, 0.05) is 36.3 Å². The van der Waals surface area contributed by atoms with Crippen LogP contribution in [0.15, 0.2) is 71.6 Å². The molecule has 3 aromatic rings. The van der Waals surface area contributed by atoms with Gasteiger partial charge in [0.05, 0.1) is 9.92 Å². The van der Waals surface area contributed by atoms with Crippen LogP contribution in [0.25, 0.3) is 0 Å². The molecule has 0 aliphatic heterocycles. The molecule has 0 aliphatic rings. The van der Waals surface area contributed by atoms with Gasteiger partial charge in [-0.1, -0.05) is 55.8 Å². The molecule has 0 aliphatic carbocycles. The molecule has 3 aromatic carbocycles. The van der Waals surface area contributed by atoms with E-state index in [9.17, 15) is 22.0 Å². The second kappa shape index (κ2) is 14.0. The Labute approximate surface area is 234 Å². The number of rotatable bonds is 13. The molecule has 0 spiro atoms. The first-order valence-electron chi connectivity index (χ1n) is 12.9. The lowest BCUT2D eigenvalue weighted by Crippen LogP contribution is -2.43. The van der Waals surface area contributed by atoms with Crippen LogP contribution in [0.1, 0.15) is 37.8 Å². The highest BCUT2D eigenvalue weighted by Crippen LogP contribution is 2.27. The number of hydrogen-bond acceptors (Lipinski definition) is 4. The summed E-state index contributed by atoms with van der Waals surface area (Å²) >= 11 is 5.74. The smallest absolute Gasteiger partial charge is 0.243 e. The van der Waals surface area contributed by atoms with Crippen molar-refractivity contribution in [2.45, 2.75) is 50.5 Å². The van der Waals surface area contributed by atoms with E-state index in [2.05, 4.69) is 5.32 Å². The number of sulfonamides is 1. The van der Waals surface area contributed by atoms with E-state index in [0.29, 0.717) is 29.7 Å². The van der Waals surface area contributed by atoms with Crippen LogP contribution in [0.3, 0.4) is 0 Å². The van der Waals surface area contributed by atoms with Crippen LogP contribution < -0.4 is 11.1 Å². The minimum Gasteiger partial charge on any atom is -0.329 e.